The molecule has 0 atom stereocenters. The summed E-state index contributed by atoms with van der Waals surface area (Å²) in [4.78, 5) is 0.115. The molecule has 0 aliphatic carbocycles. The second-order valence-corrected chi connectivity index (χ2v) is 7.47. The van der Waals surface area contributed by atoms with E-state index in [9.17, 15) is 8.42 Å². The van der Waals surface area contributed by atoms with Crippen LogP contribution in [0, 0.1) is 0 Å². The number of rotatable bonds is 6. The lowest BCUT2D eigenvalue weighted by molar-refractivity contribution is 0.498. The standard InChI is InChI=1S/C13H21ClN2O2S/c1-4-5-10-6-7-11(14)12(8-10)19(17,18)16-9-13(2,3)15/h6-8,16H,4-5,9,15H2,1-3H3. The highest BCUT2D eigenvalue weighted by molar-refractivity contribution is 7.89. The zero-order valence-electron chi connectivity index (χ0n) is 11.5. The average Bonchev–Trinajstić information content (AvgIpc) is 2.29. The van der Waals surface area contributed by atoms with Crippen molar-refractivity contribution < 1.29 is 8.42 Å². The van der Waals surface area contributed by atoms with Crippen LogP contribution in [0.5, 0.6) is 0 Å². The lowest BCUT2D eigenvalue weighted by Gasteiger charge is -2.19. The molecule has 0 unspecified atom stereocenters. The van der Waals surface area contributed by atoms with Crippen LogP contribution in [0.2, 0.25) is 5.02 Å². The Morgan fingerprint density at radius 3 is 2.53 bits per heavy atom. The van der Waals surface area contributed by atoms with E-state index in [1.807, 2.05) is 13.0 Å². The largest absolute Gasteiger partial charge is 0.324 e. The highest BCUT2D eigenvalue weighted by atomic mass is 35.5. The molecule has 6 heteroatoms. The predicted molar refractivity (Wildman–Crippen MR) is 78.9 cm³/mol. The van der Waals surface area contributed by atoms with Crippen molar-refractivity contribution in [2.24, 2.45) is 5.73 Å². The summed E-state index contributed by atoms with van der Waals surface area (Å²) in [5.74, 6) is 0. The third kappa shape index (κ3) is 5.10. The molecule has 0 saturated carbocycles. The molecule has 0 saturated heterocycles. The Kier molecular flexibility index (Phi) is 5.38. The molecule has 1 aromatic rings. The van der Waals surface area contributed by atoms with E-state index in [0.717, 1.165) is 18.4 Å². The number of hydrogen-bond donors (Lipinski definition) is 2. The fourth-order valence-electron chi connectivity index (χ4n) is 1.56. The lowest BCUT2D eigenvalue weighted by atomic mass is 10.1. The third-order valence-electron chi connectivity index (χ3n) is 2.54. The van der Waals surface area contributed by atoms with Gasteiger partial charge in [0.15, 0.2) is 0 Å². The molecule has 0 radical (unpaired) electrons. The van der Waals surface area contributed by atoms with Gasteiger partial charge in [0.1, 0.15) is 4.90 Å². The van der Waals surface area contributed by atoms with E-state index in [4.69, 9.17) is 17.3 Å². The van der Waals surface area contributed by atoms with E-state index >= 15 is 0 Å². The molecule has 0 amide bonds. The van der Waals surface area contributed by atoms with Crippen LogP contribution >= 0.6 is 11.6 Å². The maximum Gasteiger partial charge on any atom is 0.242 e. The van der Waals surface area contributed by atoms with E-state index in [0.29, 0.717) is 0 Å². The molecule has 108 valence electrons. The Labute approximate surface area is 120 Å². The second kappa shape index (κ2) is 6.22. The zero-order chi connectivity index (χ0) is 14.7. The number of benzene rings is 1. The van der Waals surface area contributed by atoms with E-state index in [1.54, 1.807) is 26.0 Å². The summed E-state index contributed by atoms with van der Waals surface area (Å²) in [7, 11) is -3.63. The molecule has 0 spiro atoms. The minimum Gasteiger partial charge on any atom is -0.324 e. The van der Waals surface area contributed by atoms with Crippen LogP contribution in [0.3, 0.4) is 0 Å². The van der Waals surface area contributed by atoms with Gasteiger partial charge in [0.2, 0.25) is 10.0 Å². The van der Waals surface area contributed by atoms with Gasteiger partial charge in [0, 0.05) is 12.1 Å². The Bertz CT molecular complexity index is 536. The summed E-state index contributed by atoms with van der Waals surface area (Å²) in [5.41, 5.74) is 6.12. The number of halogens is 1. The maximum absolute atomic E-state index is 12.2. The van der Waals surface area contributed by atoms with Gasteiger partial charge in [0.05, 0.1) is 5.02 Å². The molecule has 1 aromatic carbocycles. The molecular weight excluding hydrogens is 284 g/mol. The molecule has 0 aliphatic rings. The van der Waals surface area contributed by atoms with Gasteiger partial charge >= 0.3 is 0 Å². The molecule has 0 heterocycles. The Morgan fingerprint density at radius 1 is 1.37 bits per heavy atom. The summed E-state index contributed by atoms with van der Waals surface area (Å²) in [6.45, 7) is 5.71. The summed E-state index contributed by atoms with van der Waals surface area (Å²) in [6, 6.07) is 5.09. The van der Waals surface area contributed by atoms with Gasteiger partial charge in [-0.2, -0.15) is 0 Å². The molecule has 0 aliphatic heterocycles. The van der Waals surface area contributed by atoms with Gasteiger partial charge in [-0.3, -0.25) is 0 Å². The van der Waals surface area contributed by atoms with E-state index < -0.39 is 15.6 Å². The molecular formula is C13H21ClN2O2S. The lowest BCUT2D eigenvalue weighted by Crippen LogP contribution is -2.45. The number of aryl methyl sites for hydroxylation is 1. The average molecular weight is 305 g/mol. The minimum atomic E-state index is -3.63. The normalized spacial score (nSPS) is 12.7. The van der Waals surface area contributed by atoms with Crippen LogP contribution < -0.4 is 10.5 Å². The maximum atomic E-state index is 12.2. The first-order valence-electron chi connectivity index (χ1n) is 6.23. The summed E-state index contributed by atoms with van der Waals surface area (Å²) >= 11 is 5.98. The molecule has 0 bridgehead atoms. The fourth-order valence-corrected chi connectivity index (χ4v) is 3.33. The molecule has 4 nitrogen and oxygen atoms in total. The van der Waals surface area contributed by atoms with Crippen molar-refractivity contribution in [1.29, 1.82) is 0 Å². The van der Waals surface area contributed by atoms with Crippen molar-refractivity contribution in [3.8, 4) is 0 Å². The van der Waals surface area contributed by atoms with Crippen molar-refractivity contribution in [3.63, 3.8) is 0 Å². The van der Waals surface area contributed by atoms with Crippen LogP contribution in [-0.2, 0) is 16.4 Å². The Balaban J connectivity index is 3.03. The molecule has 0 fully saturated rings. The van der Waals surface area contributed by atoms with Crippen LogP contribution in [0.25, 0.3) is 0 Å². The van der Waals surface area contributed by atoms with Gasteiger partial charge < -0.3 is 5.73 Å². The summed E-state index contributed by atoms with van der Waals surface area (Å²) < 4.78 is 26.9. The van der Waals surface area contributed by atoms with Crippen molar-refractivity contribution in [3.05, 3.63) is 28.8 Å². The van der Waals surface area contributed by atoms with Crippen molar-refractivity contribution in [2.75, 3.05) is 6.54 Å². The number of sulfonamides is 1. The topological polar surface area (TPSA) is 72.2 Å². The van der Waals surface area contributed by atoms with Crippen molar-refractivity contribution in [2.45, 2.75) is 44.0 Å². The van der Waals surface area contributed by atoms with Crippen LogP contribution in [0.1, 0.15) is 32.8 Å². The van der Waals surface area contributed by atoms with Crippen molar-refractivity contribution >= 4 is 21.6 Å². The third-order valence-corrected chi connectivity index (χ3v) is 4.42. The quantitative estimate of drug-likeness (QED) is 0.847. The van der Waals surface area contributed by atoms with Crippen LogP contribution in [0.4, 0.5) is 0 Å². The van der Waals surface area contributed by atoms with Gasteiger partial charge in [0.25, 0.3) is 0 Å². The Morgan fingerprint density at radius 2 is 2.00 bits per heavy atom. The predicted octanol–water partition coefficient (Wildman–Crippen LogP) is 2.31. The minimum absolute atomic E-state index is 0.115. The summed E-state index contributed by atoms with van der Waals surface area (Å²) in [5, 5.41) is 0.224. The molecule has 1 rings (SSSR count). The van der Waals surface area contributed by atoms with Crippen LogP contribution in [-0.4, -0.2) is 20.5 Å². The monoisotopic (exact) mass is 304 g/mol. The molecule has 3 N–H and O–H groups in total. The van der Waals surface area contributed by atoms with Gasteiger partial charge in [-0.1, -0.05) is 31.0 Å². The van der Waals surface area contributed by atoms with E-state index in [2.05, 4.69) is 4.72 Å². The Hall–Kier alpha value is -0.620. The van der Waals surface area contributed by atoms with Crippen LogP contribution in [0.15, 0.2) is 23.1 Å². The van der Waals surface area contributed by atoms with Gasteiger partial charge in [-0.05, 0) is 38.0 Å². The first-order valence-corrected chi connectivity index (χ1v) is 8.09. The number of nitrogens with two attached hydrogens (primary N) is 1. The summed E-state index contributed by atoms with van der Waals surface area (Å²) in [6.07, 6.45) is 1.77. The number of nitrogens with one attached hydrogen (secondary N) is 1. The molecule has 19 heavy (non-hydrogen) atoms. The van der Waals surface area contributed by atoms with E-state index in [1.165, 1.54) is 0 Å². The number of hydrogen-bond acceptors (Lipinski definition) is 3. The highest BCUT2D eigenvalue weighted by Crippen LogP contribution is 2.23. The van der Waals surface area contributed by atoms with E-state index in [-0.39, 0.29) is 16.5 Å². The molecule has 0 aromatic heterocycles. The van der Waals surface area contributed by atoms with Gasteiger partial charge in [-0.15, -0.1) is 0 Å². The second-order valence-electron chi connectivity index (χ2n) is 5.33. The first kappa shape index (κ1) is 16.4. The first-order chi connectivity index (χ1) is 8.65. The fraction of sp³-hybridized carbons (Fsp3) is 0.538. The zero-order valence-corrected chi connectivity index (χ0v) is 13.1. The SMILES string of the molecule is CCCc1ccc(Cl)c(S(=O)(=O)NCC(C)(C)N)c1. The highest BCUT2D eigenvalue weighted by Gasteiger charge is 2.21. The van der Waals surface area contributed by atoms with Gasteiger partial charge in [-0.25, -0.2) is 13.1 Å². The van der Waals surface area contributed by atoms with Crippen molar-refractivity contribution in [1.82, 2.24) is 4.72 Å². The smallest absolute Gasteiger partial charge is 0.242 e.